The molecule has 0 fully saturated rings. The topological polar surface area (TPSA) is 29.1 Å². The van der Waals surface area contributed by atoms with Gasteiger partial charge in [0.25, 0.3) is 5.91 Å². The van der Waals surface area contributed by atoms with E-state index in [1.54, 1.807) is 18.2 Å². The molecular formula is C15H12BrCl2NO. The largest absolute Gasteiger partial charge is 0.322 e. The second-order valence-electron chi connectivity index (χ2n) is 4.53. The van der Waals surface area contributed by atoms with E-state index in [9.17, 15) is 4.79 Å². The number of anilines is 1. The van der Waals surface area contributed by atoms with Gasteiger partial charge in [-0.2, -0.15) is 0 Å². The van der Waals surface area contributed by atoms with Gasteiger partial charge in [-0.05, 0) is 55.3 Å². The first-order valence-corrected chi connectivity index (χ1v) is 7.46. The molecule has 0 atom stereocenters. The Labute approximate surface area is 136 Å². The molecule has 0 saturated carbocycles. The molecule has 2 aromatic rings. The van der Waals surface area contributed by atoms with Crippen molar-refractivity contribution in [1.82, 2.24) is 0 Å². The Bertz CT molecular complexity index is 642. The number of amides is 1. The molecule has 2 aromatic carbocycles. The highest BCUT2D eigenvalue weighted by molar-refractivity contribution is 9.10. The van der Waals surface area contributed by atoms with Crippen molar-refractivity contribution in [1.29, 1.82) is 0 Å². The highest BCUT2D eigenvalue weighted by Gasteiger charge is 2.12. The fraction of sp³-hybridized carbons (Fsp3) is 0.133. The molecule has 5 heteroatoms. The number of carbonyl (C=O) groups is 1. The van der Waals surface area contributed by atoms with E-state index >= 15 is 0 Å². The molecule has 104 valence electrons. The lowest BCUT2D eigenvalue weighted by molar-refractivity contribution is 0.102. The van der Waals surface area contributed by atoms with Crippen molar-refractivity contribution in [2.75, 3.05) is 5.32 Å². The van der Waals surface area contributed by atoms with Crippen molar-refractivity contribution in [3.63, 3.8) is 0 Å². The number of hydrogen-bond acceptors (Lipinski definition) is 1. The predicted octanol–water partition coefficient (Wildman–Crippen LogP) is 5.63. The molecule has 0 unspecified atom stereocenters. The molecule has 0 aliphatic heterocycles. The van der Waals surface area contributed by atoms with Gasteiger partial charge in [0, 0.05) is 25.8 Å². The normalized spacial score (nSPS) is 10.4. The summed E-state index contributed by atoms with van der Waals surface area (Å²) in [6.45, 7) is 3.89. The van der Waals surface area contributed by atoms with E-state index in [1.165, 1.54) is 0 Å². The zero-order chi connectivity index (χ0) is 14.9. The number of benzene rings is 2. The van der Waals surface area contributed by atoms with Crippen LogP contribution >= 0.6 is 39.1 Å². The summed E-state index contributed by atoms with van der Waals surface area (Å²) < 4.78 is 0.983. The molecule has 1 N–H and O–H groups in total. The smallest absolute Gasteiger partial charge is 0.255 e. The van der Waals surface area contributed by atoms with Crippen LogP contribution in [0.25, 0.3) is 0 Å². The Morgan fingerprint density at radius 2 is 1.50 bits per heavy atom. The van der Waals surface area contributed by atoms with Gasteiger partial charge >= 0.3 is 0 Å². The maximum Gasteiger partial charge on any atom is 0.255 e. The Morgan fingerprint density at radius 1 is 1.00 bits per heavy atom. The summed E-state index contributed by atoms with van der Waals surface area (Å²) in [5, 5.41) is 3.77. The van der Waals surface area contributed by atoms with Crippen LogP contribution < -0.4 is 5.32 Å². The minimum Gasteiger partial charge on any atom is -0.322 e. The van der Waals surface area contributed by atoms with Crippen LogP contribution in [0, 0.1) is 13.8 Å². The van der Waals surface area contributed by atoms with E-state index in [0.717, 1.165) is 21.3 Å². The van der Waals surface area contributed by atoms with E-state index in [4.69, 9.17) is 23.2 Å². The lowest BCUT2D eigenvalue weighted by Crippen LogP contribution is -2.13. The zero-order valence-corrected chi connectivity index (χ0v) is 14.0. The molecule has 0 bridgehead atoms. The number of hydrogen-bond donors (Lipinski definition) is 1. The average molecular weight is 373 g/mol. The van der Waals surface area contributed by atoms with Crippen molar-refractivity contribution >= 4 is 50.7 Å². The quantitative estimate of drug-likeness (QED) is 0.727. The molecule has 20 heavy (non-hydrogen) atoms. The minimum atomic E-state index is -0.233. The van der Waals surface area contributed by atoms with Crippen LogP contribution in [0.15, 0.2) is 34.8 Å². The fourth-order valence-electron chi connectivity index (χ4n) is 1.98. The van der Waals surface area contributed by atoms with E-state index in [2.05, 4.69) is 21.2 Å². The Balaban J connectivity index is 2.32. The molecule has 0 saturated heterocycles. The van der Waals surface area contributed by atoms with Gasteiger partial charge in [0.2, 0.25) is 0 Å². The number of nitrogens with one attached hydrogen (secondary N) is 1. The Morgan fingerprint density at radius 3 is 2.00 bits per heavy atom. The lowest BCUT2D eigenvalue weighted by atomic mass is 10.1. The van der Waals surface area contributed by atoms with Gasteiger partial charge in [0.1, 0.15) is 0 Å². The number of rotatable bonds is 2. The summed E-state index contributed by atoms with van der Waals surface area (Å²) >= 11 is 15.2. The van der Waals surface area contributed by atoms with E-state index in [-0.39, 0.29) is 5.91 Å². The predicted molar refractivity (Wildman–Crippen MR) is 88.0 cm³/mol. The van der Waals surface area contributed by atoms with Gasteiger partial charge in [-0.1, -0.05) is 39.1 Å². The van der Waals surface area contributed by atoms with Crippen molar-refractivity contribution in [3.05, 3.63) is 61.5 Å². The second kappa shape index (κ2) is 6.17. The summed E-state index contributed by atoms with van der Waals surface area (Å²) in [5.41, 5.74) is 3.20. The molecular weight excluding hydrogens is 361 g/mol. The molecule has 2 nitrogen and oxygen atoms in total. The third-order valence-corrected chi connectivity index (χ3v) is 3.76. The fourth-order valence-corrected chi connectivity index (χ4v) is 3.19. The summed E-state index contributed by atoms with van der Waals surface area (Å²) in [6.07, 6.45) is 0. The van der Waals surface area contributed by atoms with Crippen molar-refractivity contribution in [3.8, 4) is 0 Å². The van der Waals surface area contributed by atoms with Crippen LogP contribution in [0.5, 0.6) is 0 Å². The first-order chi connectivity index (χ1) is 9.36. The number of halogens is 3. The Hall–Kier alpha value is -1.03. The molecule has 0 aliphatic carbocycles. The van der Waals surface area contributed by atoms with Gasteiger partial charge in [-0.25, -0.2) is 0 Å². The number of aryl methyl sites for hydroxylation is 2. The van der Waals surface area contributed by atoms with Gasteiger partial charge < -0.3 is 5.32 Å². The van der Waals surface area contributed by atoms with E-state index < -0.39 is 0 Å². The third kappa shape index (κ3) is 3.54. The van der Waals surface area contributed by atoms with Crippen LogP contribution in [-0.2, 0) is 0 Å². The van der Waals surface area contributed by atoms with Gasteiger partial charge in [0.15, 0.2) is 0 Å². The maximum atomic E-state index is 12.3. The van der Waals surface area contributed by atoms with Crippen LogP contribution in [0.2, 0.25) is 10.0 Å². The monoisotopic (exact) mass is 371 g/mol. The molecule has 0 radical (unpaired) electrons. The van der Waals surface area contributed by atoms with Crippen molar-refractivity contribution in [2.24, 2.45) is 0 Å². The molecule has 0 heterocycles. The van der Waals surface area contributed by atoms with Crippen LogP contribution in [0.1, 0.15) is 21.5 Å². The SMILES string of the molecule is Cc1cc(Br)cc(C)c1NC(=O)c1cc(Cl)cc(Cl)c1. The minimum absolute atomic E-state index is 0.233. The molecule has 0 spiro atoms. The Kier molecular flexibility index (Phi) is 4.74. The molecule has 2 rings (SSSR count). The summed E-state index contributed by atoms with van der Waals surface area (Å²) in [5.74, 6) is -0.233. The average Bonchev–Trinajstić information content (AvgIpc) is 2.32. The van der Waals surface area contributed by atoms with Crippen LogP contribution in [0.3, 0.4) is 0 Å². The van der Waals surface area contributed by atoms with Crippen LogP contribution in [0.4, 0.5) is 5.69 Å². The molecule has 0 aliphatic rings. The highest BCUT2D eigenvalue weighted by atomic mass is 79.9. The number of carbonyl (C=O) groups excluding carboxylic acids is 1. The van der Waals surface area contributed by atoms with Crippen molar-refractivity contribution < 1.29 is 4.79 Å². The lowest BCUT2D eigenvalue weighted by Gasteiger charge is -2.12. The first-order valence-electron chi connectivity index (χ1n) is 5.91. The zero-order valence-electron chi connectivity index (χ0n) is 10.9. The standard InChI is InChI=1S/C15H12BrCl2NO/c1-8-3-11(16)4-9(2)14(8)19-15(20)10-5-12(17)7-13(18)6-10/h3-7H,1-2H3,(H,19,20). The first kappa shape index (κ1) is 15.4. The summed E-state index contributed by atoms with van der Waals surface area (Å²) in [6, 6.07) is 8.68. The molecule has 0 aromatic heterocycles. The van der Waals surface area contributed by atoms with Crippen LogP contribution in [-0.4, -0.2) is 5.91 Å². The van der Waals surface area contributed by atoms with E-state index in [0.29, 0.717) is 15.6 Å². The van der Waals surface area contributed by atoms with E-state index in [1.807, 2.05) is 26.0 Å². The van der Waals surface area contributed by atoms with Gasteiger partial charge in [0.05, 0.1) is 0 Å². The van der Waals surface area contributed by atoms with Crippen molar-refractivity contribution in [2.45, 2.75) is 13.8 Å². The second-order valence-corrected chi connectivity index (χ2v) is 6.32. The highest BCUT2D eigenvalue weighted by Crippen LogP contribution is 2.26. The van der Waals surface area contributed by atoms with Gasteiger partial charge in [-0.3, -0.25) is 4.79 Å². The van der Waals surface area contributed by atoms with Gasteiger partial charge in [-0.15, -0.1) is 0 Å². The maximum absolute atomic E-state index is 12.3. The summed E-state index contributed by atoms with van der Waals surface area (Å²) in [7, 11) is 0. The summed E-state index contributed by atoms with van der Waals surface area (Å²) in [4.78, 5) is 12.3. The third-order valence-electron chi connectivity index (χ3n) is 2.86. The molecule has 1 amide bonds.